The summed E-state index contributed by atoms with van der Waals surface area (Å²) in [4.78, 5) is 17.3. The van der Waals surface area contributed by atoms with E-state index in [0.717, 1.165) is 11.3 Å². The van der Waals surface area contributed by atoms with Crippen LogP contribution in [0.1, 0.15) is 9.67 Å². The largest absolute Gasteiger partial charge is 0.297 e. The number of carbonyl (C=O) groups is 1. The average molecular weight is 336 g/mol. The Labute approximate surface area is 141 Å². The molecule has 2 aromatic heterocycles. The number of amides is 1. The third-order valence-corrected chi connectivity index (χ3v) is 5.14. The first-order valence-electron chi connectivity index (χ1n) is 7.09. The van der Waals surface area contributed by atoms with Crippen molar-refractivity contribution in [3.05, 3.63) is 70.2 Å². The Balaban J connectivity index is 1.60. The Hall–Kier alpha value is -2.50. The number of fused-ring (bicyclic) bond motifs is 1. The molecular weight excluding hydrogens is 324 g/mol. The van der Waals surface area contributed by atoms with Gasteiger partial charge in [0.25, 0.3) is 5.91 Å². The van der Waals surface area contributed by atoms with Crippen molar-refractivity contribution in [1.29, 1.82) is 0 Å². The number of anilines is 1. The average Bonchev–Trinajstić information content (AvgIpc) is 3.26. The quantitative estimate of drug-likeness (QED) is 0.553. The summed E-state index contributed by atoms with van der Waals surface area (Å²) >= 11 is 2.86. The van der Waals surface area contributed by atoms with Gasteiger partial charge in [0, 0.05) is 10.9 Å². The summed E-state index contributed by atoms with van der Waals surface area (Å²) in [6.45, 7) is 0. The van der Waals surface area contributed by atoms with E-state index in [9.17, 15) is 4.79 Å². The van der Waals surface area contributed by atoms with Gasteiger partial charge in [0.15, 0.2) is 5.13 Å². The van der Waals surface area contributed by atoms with Gasteiger partial charge in [-0.05, 0) is 28.3 Å². The van der Waals surface area contributed by atoms with Crippen LogP contribution in [0.15, 0.2) is 65.4 Å². The summed E-state index contributed by atoms with van der Waals surface area (Å²) in [5.74, 6) is -0.112. The summed E-state index contributed by atoms with van der Waals surface area (Å²) in [6, 6.07) is 18.2. The number of thiazole rings is 1. The number of rotatable bonds is 3. The van der Waals surface area contributed by atoms with Gasteiger partial charge >= 0.3 is 0 Å². The Morgan fingerprint density at radius 2 is 1.83 bits per heavy atom. The van der Waals surface area contributed by atoms with Crippen molar-refractivity contribution in [1.82, 2.24) is 4.98 Å². The molecule has 2 aromatic carbocycles. The highest BCUT2D eigenvalue weighted by Crippen LogP contribution is 2.28. The Kier molecular flexibility index (Phi) is 3.65. The molecule has 0 atom stereocenters. The zero-order valence-corrected chi connectivity index (χ0v) is 13.7. The summed E-state index contributed by atoms with van der Waals surface area (Å²) < 4.78 is 0. The number of hydrogen-bond donors (Lipinski definition) is 1. The summed E-state index contributed by atoms with van der Waals surface area (Å²) in [5, 5.41) is 9.71. The van der Waals surface area contributed by atoms with Crippen LogP contribution < -0.4 is 5.32 Å². The molecule has 0 bridgehead atoms. The van der Waals surface area contributed by atoms with Crippen LogP contribution in [0.3, 0.4) is 0 Å². The van der Waals surface area contributed by atoms with Crippen molar-refractivity contribution in [2.75, 3.05) is 5.32 Å². The van der Waals surface area contributed by atoms with Crippen molar-refractivity contribution in [2.24, 2.45) is 0 Å². The molecule has 0 radical (unpaired) electrons. The number of benzene rings is 2. The molecule has 1 amide bonds. The zero-order valence-electron chi connectivity index (χ0n) is 12.0. The molecule has 0 unspecified atom stereocenters. The normalized spacial score (nSPS) is 10.8. The predicted molar refractivity (Wildman–Crippen MR) is 97.3 cm³/mol. The molecular formula is C18H12N2OS2. The maximum absolute atomic E-state index is 12.1. The minimum absolute atomic E-state index is 0.112. The molecule has 4 rings (SSSR count). The molecule has 1 N–H and O–H groups in total. The van der Waals surface area contributed by atoms with Gasteiger partial charge in [-0.25, -0.2) is 4.98 Å². The molecule has 4 aromatic rings. The van der Waals surface area contributed by atoms with Crippen LogP contribution in [0, 0.1) is 0 Å². The van der Waals surface area contributed by atoms with E-state index < -0.39 is 0 Å². The van der Waals surface area contributed by atoms with E-state index >= 15 is 0 Å². The molecule has 0 aliphatic carbocycles. The molecule has 0 fully saturated rings. The number of thiophene rings is 1. The minimum atomic E-state index is -0.112. The van der Waals surface area contributed by atoms with Crippen LogP contribution in [-0.2, 0) is 0 Å². The number of aromatic nitrogens is 1. The second kappa shape index (κ2) is 5.95. The summed E-state index contributed by atoms with van der Waals surface area (Å²) in [6.07, 6.45) is 0. The molecule has 0 aliphatic heterocycles. The third kappa shape index (κ3) is 2.88. The van der Waals surface area contributed by atoms with Crippen molar-refractivity contribution >= 4 is 44.5 Å². The van der Waals surface area contributed by atoms with Gasteiger partial charge in [-0.1, -0.05) is 42.5 Å². The first kappa shape index (κ1) is 14.1. The van der Waals surface area contributed by atoms with Crippen LogP contribution in [-0.4, -0.2) is 10.9 Å². The lowest BCUT2D eigenvalue weighted by molar-refractivity contribution is 0.103. The lowest BCUT2D eigenvalue weighted by atomic mass is 10.1. The lowest BCUT2D eigenvalue weighted by Gasteiger charge is -2.01. The van der Waals surface area contributed by atoms with Crippen LogP contribution in [0.4, 0.5) is 5.13 Å². The van der Waals surface area contributed by atoms with Crippen molar-refractivity contribution in [3.63, 3.8) is 0 Å². The SMILES string of the molecule is O=C(Nc1nc(-c2ccc3ccccc3c2)cs1)c1cccs1. The monoisotopic (exact) mass is 336 g/mol. The molecule has 23 heavy (non-hydrogen) atoms. The number of carbonyl (C=O) groups excluding carboxylic acids is 1. The van der Waals surface area contributed by atoms with E-state index in [0.29, 0.717) is 10.0 Å². The van der Waals surface area contributed by atoms with E-state index in [2.05, 4.69) is 40.6 Å². The van der Waals surface area contributed by atoms with Crippen LogP contribution in [0.25, 0.3) is 22.0 Å². The van der Waals surface area contributed by atoms with Gasteiger partial charge in [0.2, 0.25) is 0 Å². The highest BCUT2D eigenvalue weighted by atomic mass is 32.1. The number of nitrogens with zero attached hydrogens (tertiary/aromatic N) is 1. The second-order valence-corrected chi connectivity index (χ2v) is 6.84. The highest BCUT2D eigenvalue weighted by Gasteiger charge is 2.10. The third-order valence-electron chi connectivity index (χ3n) is 3.51. The van der Waals surface area contributed by atoms with Gasteiger partial charge in [0.1, 0.15) is 0 Å². The zero-order chi connectivity index (χ0) is 15.6. The van der Waals surface area contributed by atoms with Crippen LogP contribution >= 0.6 is 22.7 Å². The fraction of sp³-hybridized carbons (Fsp3) is 0. The summed E-state index contributed by atoms with van der Waals surface area (Å²) in [7, 11) is 0. The fourth-order valence-electron chi connectivity index (χ4n) is 2.38. The maximum atomic E-state index is 12.1. The highest BCUT2D eigenvalue weighted by molar-refractivity contribution is 7.14. The molecule has 2 heterocycles. The predicted octanol–water partition coefficient (Wildman–Crippen LogP) is 5.28. The molecule has 0 spiro atoms. The second-order valence-electron chi connectivity index (χ2n) is 5.03. The first-order chi connectivity index (χ1) is 11.3. The molecule has 5 heteroatoms. The number of nitrogens with one attached hydrogen (secondary N) is 1. The van der Waals surface area contributed by atoms with Crippen molar-refractivity contribution in [3.8, 4) is 11.3 Å². The first-order valence-corrected chi connectivity index (χ1v) is 8.85. The molecule has 112 valence electrons. The van der Waals surface area contributed by atoms with E-state index in [4.69, 9.17) is 0 Å². The van der Waals surface area contributed by atoms with Crippen molar-refractivity contribution in [2.45, 2.75) is 0 Å². The Bertz CT molecular complexity index is 974. The minimum Gasteiger partial charge on any atom is -0.297 e. The number of hydrogen-bond acceptors (Lipinski definition) is 4. The van der Waals surface area contributed by atoms with Gasteiger partial charge in [0.05, 0.1) is 10.6 Å². The van der Waals surface area contributed by atoms with Gasteiger partial charge < -0.3 is 0 Å². The maximum Gasteiger partial charge on any atom is 0.267 e. The molecule has 0 aliphatic rings. The lowest BCUT2D eigenvalue weighted by Crippen LogP contribution is -2.09. The fourth-order valence-corrected chi connectivity index (χ4v) is 3.71. The van der Waals surface area contributed by atoms with E-state index in [-0.39, 0.29) is 5.91 Å². The summed E-state index contributed by atoms with van der Waals surface area (Å²) in [5.41, 5.74) is 1.93. The van der Waals surface area contributed by atoms with Crippen LogP contribution in [0.5, 0.6) is 0 Å². The van der Waals surface area contributed by atoms with E-state index in [1.807, 2.05) is 29.0 Å². The Morgan fingerprint density at radius 1 is 0.957 bits per heavy atom. The van der Waals surface area contributed by atoms with Crippen LogP contribution in [0.2, 0.25) is 0 Å². The molecule has 0 saturated heterocycles. The van der Waals surface area contributed by atoms with Gasteiger partial charge in [-0.2, -0.15) is 0 Å². The smallest absolute Gasteiger partial charge is 0.267 e. The van der Waals surface area contributed by atoms with Gasteiger partial charge in [-0.15, -0.1) is 22.7 Å². The Morgan fingerprint density at radius 3 is 2.65 bits per heavy atom. The van der Waals surface area contributed by atoms with Gasteiger partial charge in [-0.3, -0.25) is 10.1 Å². The molecule has 3 nitrogen and oxygen atoms in total. The molecule has 0 saturated carbocycles. The van der Waals surface area contributed by atoms with Crippen molar-refractivity contribution < 1.29 is 4.79 Å². The van der Waals surface area contributed by atoms with E-state index in [1.165, 1.54) is 33.4 Å². The van der Waals surface area contributed by atoms with E-state index in [1.54, 1.807) is 6.07 Å². The topological polar surface area (TPSA) is 42.0 Å². The standard InChI is InChI=1S/C18H12N2OS2/c21-17(16-6-3-9-22-16)20-18-19-15(11-23-18)14-8-7-12-4-1-2-5-13(12)10-14/h1-11H,(H,19,20,21).